The predicted molar refractivity (Wildman–Crippen MR) is 95.3 cm³/mol. The average Bonchev–Trinajstić information content (AvgIpc) is 2.54. The largest absolute Gasteiger partial charge is 0.478 e. The molecular weight excluding hydrogens is 348 g/mol. The van der Waals surface area contributed by atoms with E-state index in [0.717, 1.165) is 5.75 Å². The molecule has 2 rings (SSSR count). The highest BCUT2D eigenvalue weighted by molar-refractivity contribution is 7.99. The summed E-state index contributed by atoms with van der Waals surface area (Å²) in [5.41, 5.74) is 0.427. The highest BCUT2D eigenvalue weighted by atomic mass is 32.2. The molecule has 0 saturated heterocycles. The molecule has 0 atom stereocenters. The van der Waals surface area contributed by atoms with Crippen LogP contribution in [0.4, 0.5) is 0 Å². The average molecular weight is 366 g/mol. The SMILES string of the molecule is CC(C)CSc1ncccc1C(=O)O.O=C(O)c1ccc[nH]c1=S. The molecule has 2 aromatic heterocycles. The molecule has 2 aromatic rings. The van der Waals surface area contributed by atoms with Gasteiger partial charge in [-0.3, -0.25) is 0 Å². The van der Waals surface area contributed by atoms with Crippen molar-refractivity contribution in [3.05, 3.63) is 52.4 Å². The quantitative estimate of drug-likeness (QED) is 0.543. The van der Waals surface area contributed by atoms with Crippen molar-refractivity contribution in [3.8, 4) is 0 Å². The van der Waals surface area contributed by atoms with Crippen LogP contribution < -0.4 is 0 Å². The van der Waals surface area contributed by atoms with Crippen LogP contribution in [0.2, 0.25) is 0 Å². The number of H-pyrrole nitrogens is 1. The van der Waals surface area contributed by atoms with Gasteiger partial charge in [0.2, 0.25) is 0 Å². The summed E-state index contributed by atoms with van der Waals surface area (Å²) >= 11 is 6.18. The number of thioether (sulfide) groups is 1. The summed E-state index contributed by atoms with van der Waals surface area (Å²) in [5, 5.41) is 18.0. The number of carboxylic acid groups (broad SMARTS) is 2. The fourth-order valence-electron chi connectivity index (χ4n) is 1.50. The molecule has 0 amide bonds. The lowest BCUT2D eigenvalue weighted by Gasteiger charge is -2.05. The van der Waals surface area contributed by atoms with Crippen molar-refractivity contribution in [3.63, 3.8) is 0 Å². The fourth-order valence-corrected chi connectivity index (χ4v) is 2.67. The van der Waals surface area contributed by atoms with Crippen LogP contribution >= 0.6 is 24.0 Å². The third-order valence-electron chi connectivity index (χ3n) is 2.60. The third-order valence-corrected chi connectivity index (χ3v) is 4.37. The minimum absolute atomic E-state index is 0.137. The molecule has 0 radical (unpaired) electrons. The Kier molecular flexibility index (Phi) is 8.14. The number of aromatic amines is 1. The molecule has 0 saturated carbocycles. The van der Waals surface area contributed by atoms with Gasteiger partial charge in [0.1, 0.15) is 9.67 Å². The number of hydrogen-bond acceptors (Lipinski definition) is 5. The van der Waals surface area contributed by atoms with Gasteiger partial charge in [0, 0.05) is 18.1 Å². The van der Waals surface area contributed by atoms with Crippen LogP contribution in [0.3, 0.4) is 0 Å². The van der Waals surface area contributed by atoms with Gasteiger partial charge in [-0.05, 0) is 30.2 Å². The summed E-state index contributed by atoms with van der Waals surface area (Å²) in [6.45, 7) is 4.19. The highest BCUT2D eigenvalue weighted by Crippen LogP contribution is 2.21. The van der Waals surface area contributed by atoms with Crippen LogP contribution in [-0.2, 0) is 0 Å². The van der Waals surface area contributed by atoms with Gasteiger partial charge in [-0.25, -0.2) is 14.6 Å². The van der Waals surface area contributed by atoms with E-state index in [1.54, 1.807) is 30.6 Å². The Morgan fingerprint density at radius 3 is 2.33 bits per heavy atom. The number of carbonyl (C=O) groups is 2. The fraction of sp³-hybridized carbons (Fsp3) is 0.250. The van der Waals surface area contributed by atoms with Crippen molar-refractivity contribution in [2.24, 2.45) is 5.92 Å². The maximum atomic E-state index is 10.8. The zero-order valence-electron chi connectivity index (χ0n) is 13.2. The van der Waals surface area contributed by atoms with Crippen molar-refractivity contribution < 1.29 is 19.8 Å². The molecular formula is C16H18N2O4S2. The summed E-state index contributed by atoms with van der Waals surface area (Å²) in [5.74, 6) is -0.494. The number of aromatic carboxylic acids is 2. The van der Waals surface area contributed by atoms with Gasteiger partial charge in [-0.1, -0.05) is 26.1 Å². The standard InChI is InChI=1S/C10H13NO2S.C6H5NO2S/c1-7(2)6-14-9-8(10(12)13)4-3-5-11-9;8-6(9)4-2-1-3-7-5(4)10/h3-5,7H,6H2,1-2H3,(H,12,13);1-3H,(H,7,10)(H,8,9). The van der Waals surface area contributed by atoms with E-state index >= 15 is 0 Å². The second-order valence-electron chi connectivity index (χ2n) is 5.08. The van der Waals surface area contributed by atoms with E-state index < -0.39 is 11.9 Å². The molecule has 0 aromatic carbocycles. The van der Waals surface area contributed by atoms with Gasteiger partial charge in [0.15, 0.2) is 0 Å². The summed E-state index contributed by atoms with van der Waals surface area (Å²) in [6, 6.07) is 6.28. The van der Waals surface area contributed by atoms with Crippen molar-refractivity contribution >= 4 is 35.9 Å². The number of pyridine rings is 2. The Bertz CT molecular complexity index is 759. The molecule has 0 fully saturated rings. The Morgan fingerprint density at radius 2 is 1.83 bits per heavy atom. The van der Waals surface area contributed by atoms with Gasteiger partial charge >= 0.3 is 11.9 Å². The van der Waals surface area contributed by atoms with Gasteiger partial charge in [-0.15, -0.1) is 11.8 Å². The van der Waals surface area contributed by atoms with E-state index in [-0.39, 0.29) is 15.8 Å². The predicted octanol–water partition coefficient (Wildman–Crippen LogP) is 3.97. The smallest absolute Gasteiger partial charge is 0.338 e. The molecule has 0 aliphatic carbocycles. The first-order valence-corrected chi connectivity index (χ1v) is 8.44. The van der Waals surface area contributed by atoms with Crippen molar-refractivity contribution in [1.29, 1.82) is 0 Å². The van der Waals surface area contributed by atoms with Crippen molar-refractivity contribution in [2.75, 3.05) is 5.75 Å². The maximum Gasteiger partial charge on any atom is 0.338 e. The molecule has 24 heavy (non-hydrogen) atoms. The van der Waals surface area contributed by atoms with E-state index in [0.29, 0.717) is 10.9 Å². The maximum absolute atomic E-state index is 10.8. The number of carboxylic acids is 2. The summed E-state index contributed by atoms with van der Waals surface area (Å²) in [7, 11) is 0. The second-order valence-corrected chi connectivity index (χ2v) is 6.50. The highest BCUT2D eigenvalue weighted by Gasteiger charge is 2.10. The summed E-state index contributed by atoms with van der Waals surface area (Å²) in [4.78, 5) is 27.8. The van der Waals surface area contributed by atoms with Crippen LogP contribution in [0.25, 0.3) is 0 Å². The normalized spacial score (nSPS) is 9.96. The van der Waals surface area contributed by atoms with E-state index in [4.69, 9.17) is 22.4 Å². The van der Waals surface area contributed by atoms with E-state index in [9.17, 15) is 9.59 Å². The first-order chi connectivity index (χ1) is 11.3. The molecule has 0 aliphatic heterocycles. The Hall–Kier alpha value is -2.19. The first-order valence-electron chi connectivity index (χ1n) is 7.05. The summed E-state index contributed by atoms with van der Waals surface area (Å²) in [6.07, 6.45) is 3.21. The Labute approximate surface area is 149 Å². The van der Waals surface area contributed by atoms with Crippen molar-refractivity contribution in [1.82, 2.24) is 9.97 Å². The lowest BCUT2D eigenvalue weighted by atomic mass is 10.3. The molecule has 0 bridgehead atoms. The number of nitrogens with zero attached hydrogens (tertiary/aromatic N) is 1. The number of rotatable bonds is 5. The topological polar surface area (TPSA) is 103 Å². The van der Waals surface area contributed by atoms with Crippen LogP contribution in [0.1, 0.15) is 34.6 Å². The van der Waals surface area contributed by atoms with Gasteiger partial charge in [0.05, 0.1) is 11.1 Å². The molecule has 8 heteroatoms. The van der Waals surface area contributed by atoms with Crippen molar-refractivity contribution in [2.45, 2.75) is 18.9 Å². The minimum Gasteiger partial charge on any atom is -0.478 e. The van der Waals surface area contributed by atoms with Gasteiger partial charge in [0.25, 0.3) is 0 Å². The van der Waals surface area contributed by atoms with Crippen LogP contribution in [0.15, 0.2) is 41.7 Å². The summed E-state index contributed by atoms with van der Waals surface area (Å²) < 4.78 is 0.259. The Morgan fingerprint density at radius 1 is 1.21 bits per heavy atom. The van der Waals surface area contributed by atoms with Gasteiger partial charge < -0.3 is 15.2 Å². The lowest BCUT2D eigenvalue weighted by Crippen LogP contribution is -2.01. The molecule has 0 unspecified atom stereocenters. The van der Waals surface area contributed by atoms with Crippen LogP contribution in [-0.4, -0.2) is 37.9 Å². The van der Waals surface area contributed by atoms with Gasteiger partial charge in [-0.2, -0.15) is 0 Å². The second kappa shape index (κ2) is 9.84. The molecule has 0 spiro atoms. The minimum atomic E-state index is -0.998. The monoisotopic (exact) mass is 366 g/mol. The van der Waals surface area contributed by atoms with E-state index in [2.05, 4.69) is 23.8 Å². The zero-order valence-corrected chi connectivity index (χ0v) is 14.9. The molecule has 3 N–H and O–H groups in total. The third kappa shape index (κ3) is 6.51. The van der Waals surface area contributed by atoms with E-state index in [1.165, 1.54) is 17.8 Å². The molecule has 2 heterocycles. The number of hydrogen-bond donors (Lipinski definition) is 3. The molecule has 128 valence electrons. The lowest BCUT2D eigenvalue weighted by molar-refractivity contribution is 0.0683. The van der Waals surface area contributed by atoms with Crippen LogP contribution in [0, 0.1) is 10.6 Å². The number of aromatic nitrogens is 2. The molecule has 0 aliphatic rings. The first kappa shape index (κ1) is 19.9. The molecule has 6 nitrogen and oxygen atoms in total. The zero-order chi connectivity index (χ0) is 18.1. The van der Waals surface area contributed by atoms with E-state index in [1.807, 2.05) is 0 Å². The number of nitrogens with one attached hydrogen (secondary N) is 1. The Balaban J connectivity index is 0.000000254. The van der Waals surface area contributed by atoms with Crippen LogP contribution in [0.5, 0.6) is 0 Å².